The molecule has 0 spiro atoms. The summed E-state index contributed by atoms with van der Waals surface area (Å²) in [5.41, 5.74) is 0. The minimum atomic E-state index is -0.196. The Morgan fingerprint density at radius 2 is 2.00 bits per heavy atom. The Hall–Kier alpha value is -1.25. The molecule has 0 atom stereocenters. The third-order valence-electron chi connectivity index (χ3n) is 2.02. The SMILES string of the molecule is CCCc1ccc(CCC(=O)OC)o1. The molecule has 1 aromatic rings. The van der Waals surface area contributed by atoms with Crippen LogP contribution in [0, 0.1) is 0 Å². The molecule has 0 aromatic carbocycles. The molecule has 0 saturated carbocycles. The number of methoxy groups -OCH3 is 1. The third kappa shape index (κ3) is 3.24. The maximum absolute atomic E-state index is 10.9. The van der Waals surface area contributed by atoms with E-state index in [1.165, 1.54) is 7.11 Å². The van der Waals surface area contributed by atoms with Gasteiger partial charge in [0, 0.05) is 12.8 Å². The van der Waals surface area contributed by atoms with E-state index in [4.69, 9.17) is 4.42 Å². The zero-order valence-electron chi connectivity index (χ0n) is 8.71. The lowest BCUT2D eigenvalue weighted by molar-refractivity contribution is -0.140. The van der Waals surface area contributed by atoms with Crippen LogP contribution in [0.15, 0.2) is 16.5 Å². The van der Waals surface area contributed by atoms with Crippen molar-refractivity contribution < 1.29 is 13.9 Å². The third-order valence-corrected chi connectivity index (χ3v) is 2.02. The van der Waals surface area contributed by atoms with Crippen LogP contribution in [0.5, 0.6) is 0 Å². The molecule has 1 aromatic heterocycles. The Morgan fingerprint density at radius 1 is 1.36 bits per heavy atom. The predicted octanol–water partition coefficient (Wildman–Crippen LogP) is 2.34. The first-order valence-electron chi connectivity index (χ1n) is 4.90. The summed E-state index contributed by atoms with van der Waals surface area (Å²) in [5.74, 6) is 1.66. The van der Waals surface area contributed by atoms with Gasteiger partial charge in [-0.2, -0.15) is 0 Å². The van der Waals surface area contributed by atoms with Crippen LogP contribution in [0.25, 0.3) is 0 Å². The van der Waals surface area contributed by atoms with Crippen molar-refractivity contribution in [1.29, 1.82) is 0 Å². The number of furan rings is 1. The van der Waals surface area contributed by atoms with E-state index >= 15 is 0 Å². The van der Waals surface area contributed by atoms with Crippen molar-refractivity contribution in [2.24, 2.45) is 0 Å². The monoisotopic (exact) mass is 196 g/mol. The Bertz CT molecular complexity index is 288. The van der Waals surface area contributed by atoms with Gasteiger partial charge in [0.15, 0.2) is 0 Å². The molecule has 0 bridgehead atoms. The summed E-state index contributed by atoms with van der Waals surface area (Å²) in [4.78, 5) is 10.9. The zero-order chi connectivity index (χ0) is 10.4. The largest absolute Gasteiger partial charge is 0.469 e. The number of esters is 1. The molecule has 0 unspecified atom stereocenters. The van der Waals surface area contributed by atoms with Crippen LogP contribution in [0.2, 0.25) is 0 Å². The van der Waals surface area contributed by atoms with Crippen LogP contribution < -0.4 is 0 Å². The Labute approximate surface area is 84.1 Å². The molecular formula is C11H16O3. The number of rotatable bonds is 5. The van der Waals surface area contributed by atoms with Crippen LogP contribution in [0.3, 0.4) is 0 Å². The number of aryl methyl sites for hydroxylation is 2. The molecule has 3 heteroatoms. The maximum atomic E-state index is 10.9. The highest BCUT2D eigenvalue weighted by molar-refractivity contribution is 5.69. The summed E-state index contributed by atoms with van der Waals surface area (Å²) in [6.07, 6.45) is 3.04. The molecule has 14 heavy (non-hydrogen) atoms. The van der Waals surface area contributed by atoms with Gasteiger partial charge in [0.05, 0.1) is 13.5 Å². The fraction of sp³-hybridized carbons (Fsp3) is 0.545. The molecule has 1 rings (SSSR count). The van der Waals surface area contributed by atoms with Gasteiger partial charge in [0.1, 0.15) is 11.5 Å². The Kier molecular flexibility index (Phi) is 4.23. The van der Waals surface area contributed by atoms with E-state index in [1.807, 2.05) is 12.1 Å². The van der Waals surface area contributed by atoms with Gasteiger partial charge in [-0.25, -0.2) is 0 Å². The summed E-state index contributed by atoms with van der Waals surface area (Å²) in [5, 5.41) is 0. The van der Waals surface area contributed by atoms with Gasteiger partial charge in [0.2, 0.25) is 0 Å². The number of hydrogen-bond donors (Lipinski definition) is 0. The van der Waals surface area contributed by atoms with Gasteiger partial charge in [-0.05, 0) is 18.6 Å². The van der Waals surface area contributed by atoms with E-state index in [2.05, 4.69) is 11.7 Å². The first-order valence-corrected chi connectivity index (χ1v) is 4.90. The van der Waals surface area contributed by atoms with Crippen molar-refractivity contribution in [3.63, 3.8) is 0 Å². The lowest BCUT2D eigenvalue weighted by atomic mass is 10.2. The second kappa shape index (κ2) is 5.47. The van der Waals surface area contributed by atoms with Crippen LogP contribution in [-0.2, 0) is 22.4 Å². The molecular weight excluding hydrogens is 180 g/mol. The molecule has 0 aliphatic rings. The first-order chi connectivity index (χ1) is 6.76. The average molecular weight is 196 g/mol. The second-order valence-corrected chi connectivity index (χ2v) is 3.19. The zero-order valence-corrected chi connectivity index (χ0v) is 8.71. The summed E-state index contributed by atoms with van der Waals surface area (Å²) in [7, 11) is 1.40. The van der Waals surface area contributed by atoms with Gasteiger partial charge >= 0.3 is 5.97 Å². The van der Waals surface area contributed by atoms with E-state index < -0.39 is 0 Å². The quantitative estimate of drug-likeness (QED) is 0.678. The summed E-state index contributed by atoms with van der Waals surface area (Å²) < 4.78 is 10.1. The molecule has 3 nitrogen and oxygen atoms in total. The van der Waals surface area contributed by atoms with E-state index in [0.29, 0.717) is 12.8 Å². The van der Waals surface area contributed by atoms with E-state index in [9.17, 15) is 4.79 Å². The first kappa shape index (κ1) is 10.8. The number of carbonyl (C=O) groups is 1. The molecule has 1 heterocycles. The highest BCUT2D eigenvalue weighted by Crippen LogP contribution is 2.11. The Morgan fingerprint density at radius 3 is 2.57 bits per heavy atom. The molecule has 0 radical (unpaired) electrons. The highest BCUT2D eigenvalue weighted by atomic mass is 16.5. The van der Waals surface area contributed by atoms with Gasteiger partial charge in [-0.15, -0.1) is 0 Å². The maximum Gasteiger partial charge on any atom is 0.305 e. The molecule has 0 N–H and O–H groups in total. The molecule has 0 saturated heterocycles. The lowest BCUT2D eigenvalue weighted by Gasteiger charge is -1.96. The second-order valence-electron chi connectivity index (χ2n) is 3.19. The van der Waals surface area contributed by atoms with E-state index in [0.717, 1.165) is 24.4 Å². The van der Waals surface area contributed by atoms with Crippen LogP contribution in [0.4, 0.5) is 0 Å². The minimum absolute atomic E-state index is 0.196. The molecule has 0 amide bonds. The van der Waals surface area contributed by atoms with Crippen molar-refractivity contribution in [2.45, 2.75) is 32.6 Å². The highest BCUT2D eigenvalue weighted by Gasteiger charge is 2.05. The van der Waals surface area contributed by atoms with Crippen molar-refractivity contribution in [3.8, 4) is 0 Å². The van der Waals surface area contributed by atoms with Crippen molar-refractivity contribution in [3.05, 3.63) is 23.7 Å². The van der Waals surface area contributed by atoms with Gasteiger partial charge in [0.25, 0.3) is 0 Å². The van der Waals surface area contributed by atoms with Crippen molar-refractivity contribution >= 4 is 5.97 Å². The van der Waals surface area contributed by atoms with E-state index in [1.54, 1.807) is 0 Å². The van der Waals surface area contributed by atoms with Crippen molar-refractivity contribution in [2.75, 3.05) is 7.11 Å². The fourth-order valence-electron chi connectivity index (χ4n) is 1.26. The summed E-state index contributed by atoms with van der Waals surface area (Å²) in [6.45, 7) is 2.11. The number of carbonyl (C=O) groups excluding carboxylic acids is 1. The van der Waals surface area contributed by atoms with Gasteiger partial charge in [-0.3, -0.25) is 4.79 Å². The molecule has 0 aliphatic carbocycles. The van der Waals surface area contributed by atoms with Crippen LogP contribution in [-0.4, -0.2) is 13.1 Å². The summed E-state index contributed by atoms with van der Waals surface area (Å²) in [6, 6.07) is 3.89. The average Bonchev–Trinajstić information content (AvgIpc) is 2.63. The Balaban J connectivity index is 2.39. The van der Waals surface area contributed by atoms with Crippen LogP contribution >= 0.6 is 0 Å². The number of ether oxygens (including phenoxy) is 1. The van der Waals surface area contributed by atoms with Crippen molar-refractivity contribution in [1.82, 2.24) is 0 Å². The predicted molar refractivity (Wildman–Crippen MR) is 53.0 cm³/mol. The van der Waals surface area contributed by atoms with E-state index in [-0.39, 0.29) is 5.97 Å². The summed E-state index contributed by atoms with van der Waals surface area (Å²) >= 11 is 0. The smallest absolute Gasteiger partial charge is 0.305 e. The number of hydrogen-bond acceptors (Lipinski definition) is 3. The molecule has 78 valence electrons. The standard InChI is InChI=1S/C11H16O3/c1-3-4-9-5-6-10(14-9)7-8-11(12)13-2/h5-6H,3-4,7-8H2,1-2H3. The molecule has 0 aliphatic heterocycles. The molecule has 0 fully saturated rings. The minimum Gasteiger partial charge on any atom is -0.469 e. The normalized spacial score (nSPS) is 10.1. The lowest BCUT2D eigenvalue weighted by Crippen LogP contribution is -2.01. The fourth-order valence-corrected chi connectivity index (χ4v) is 1.26. The van der Waals surface area contributed by atoms with Crippen LogP contribution in [0.1, 0.15) is 31.3 Å². The van der Waals surface area contributed by atoms with Gasteiger partial charge in [-0.1, -0.05) is 6.92 Å². The van der Waals surface area contributed by atoms with Gasteiger partial charge < -0.3 is 9.15 Å². The topological polar surface area (TPSA) is 39.4 Å².